The summed E-state index contributed by atoms with van der Waals surface area (Å²) in [7, 11) is 2.10. The Bertz CT molecular complexity index is 781. The van der Waals surface area contributed by atoms with Gasteiger partial charge in [0.1, 0.15) is 0 Å². The molecule has 28 heavy (non-hydrogen) atoms. The highest BCUT2D eigenvalue weighted by Crippen LogP contribution is 2.35. The first-order chi connectivity index (χ1) is 13.6. The Hall–Kier alpha value is -2.31. The molecule has 0 aliphatic carbocycles. The molecule has 6 nitrogen and oxygen atoms in total. The lowest BCUT2D eigenvalue weighted by atomic mass is 9.78. The Kier molecular flexibility index (Phi) is 5.69. The molecule has 2 fully saturated rings. The quantitative estimate of drug-likeness (QED) is 0.887. The molecule has 0 radical (unpaired) electrons. The van der Waals surface area contributed by atoms with Crippen LogP contribution in [-0.2, 0) is 18.3 Å². The second-order valence-electron chi connectivity index (χ2n) is 8.16. The van der Waals surface area contributed by atoms with Crippen molar-refractivity contribution < 1.29 is 9.53 Å². The molecule has 2 aliphatic heterocycles. The van der Waals surface area contributed by atoms with E-state index in [9.17, 15) is 4.79 Å². The molecular formula is C22H30N4O2. The number of aromatic nitrogens is 1. The van der Waals surface area contributed by atoms with E-state index in [4.69, 9.17) is 4.74 Å². The van der Waals surface area contributed by atoms with Crippen LogP contribution in [0.5, 0.6) is 0 Å². The zero-order valence-corrected chi connectivity index (χ0v) is 16.6. The van der Waals surface area contributed by atoms with Crippen LogP contribution in [0.3, 0.4) is 0 Å². The lowest BCUT2D eigenvalue weighted by Crippen LogP contribution is -2.49. The number of hydrogen-bond donors (Lipinski definition) is 1. The number of aryl methyl sites for hydroxylation is 1. The summed E-state index contributed by atoms with van der Waals surface area (Å²) in [6, 6.07) is 14.0. The first-order valence-corrected chi connectivity index (χ1v) is 10.1. The van der Waals surface area contributed by atoms with Crippen LogP contribution in [-0.4, -0.2) is 59.8 Å². The molecule has 1 spiro atoms. The Morgan fingerprint density at radius 3 is 2.61 bits per heavy atom. The molecule has 0 atom stereocenters. The number of hydrogen-bond acceptors (Lipinski definition) is 3. The maximum Gasteiger partial charge on any atom is 0.321 e. The molecule has 6 heteroatoms. The van der Waals surface area contributed by atoms with Crippen molar-refractivity contribution in [3.05, 3.63) is 54.4 Å². The highest BCUT2D eigenvalue weighted by atomic mass is 16.5. The molecular weight excluding hydrogens is 352 g/mol. The van der Waals surface area contributed by atoms with Crippen molar-refractivity contribution in [2.45, 2.75) is 19.4 Å². The van der Waals surface area contributed by atoms with Gasteiger partial charge in [0, 0.05) is 62.8 Å². The molecule has 2 saturated heterocycles. The van der Waals surface area contributed by atoms with E-state index in [1.807, 2.05) is 35.2 Å². The second-order valence-corrected chi connectivity index (χ2v) is 8.16. The van der Waals surface area contributed by atoms with Gasteiger partial charge in [0.15, 0.2) is 0 Å². The molecule has 3 heterocycles. The minimum Gasteiger partial charge on any atom is -0.379 e. The number of likely N-dealkylation sites (tertiary alicyclic amines) is 1. The summed E-state index contributed by atoms with van der Waals surface area (Å²) < 4.78 is 8.18. The summed E-state index contributed by atoms with van der Waals surface area (Å²) in [6.07, 6.45) is 4.07. The second kappa shape index (κ2) is 8.37. The summed E-state index contributed by atoms with van der Waals surface area (Å²) in [6.45, 7) is 6.08. The Morgan fingerprint density at radius 2 is 1.89 bits per heavy atom. The SMILES string of the molecule is Cn1cccc1CN1CCOCC2(CCN(C(=O)Nc3ccccc3)CC2)C1. The number of benzene rings is 1. The van der Waals surface area contributed by atoms with Gasteiger partial charge >= 0.3 is 6.03 Å². The zero-order chi connectivity index (χ0) is 19.4. The predicted octanol–water partition coefficient (Wildman–Crippen LogP) is 3.17. The van der Waals surface area contributed by atoms with E-state index in [1.54, 1.807) is 0 Å². The molecule has 0 bridgehead atoms. The van der Waals surface area contributed by atoms with Gasteiger partial charge in [0.25, 0.3) is 0 Å². The van der Waals surface area contributed by atoms with Crippen molar-refractivity contribution in [3.63, 3.8) is 0 Å². The molecule has 4 rings (SSSR count). The Labute approximate surface area is 167 Å². The van der Waals surface area contributed by atoms with Gasteiger partial charge in [0.2, 0.25) is 0 Å². The monoisotopic (exact) mass is 382 g/mol. The summed E-state index contributed by atoms with van der Waals surface area (Å²) in [5.41, 5.74) is 2.32. The molecule has 1 N–H and O–H groups in total. The standard InChI is InChI=1S/C22H30N4O2/c1-24-11-5-8-20(24)16-25-14-15-28-18-22(17-25)9-12-26(13-10-22)21(27)23-19-6-3-2-4-7-19/h2-8,11H,9-10,12-18H2,1H3,(H,23,27). The van der Waals surface area contributed by atoms with E-state index < -0.39 is 0 Å². The van der Waals surface area contributed by atoms with Crippen LogP contribution in [0.25, 0.3) is 0 Å². The van der Waals surface area contributed by atoms with Gasteiger partial charge in [0.05, 0.1) is 13.2 Å². The minimum atomic E-state index is -0.00347. The van der Waals surface area contributed by atoms with Crippen LogP contribution >= 0.6 is 0 Å². The number of piperidine rings is 1. The van der Waals surface area contributed by atoms with E-state index in [0.717, 1.165) is 64.5 Å². The fourth-order valence-electron chi connectivity index (χ4n) is 4.32. The average molecular weight is 383 g/mol. The summed E-state index contributed by atoms with van der Waals surface area (Å²) in [4.78, 5) is 17.0. The fraction of sp³-hybridized carbons (Fsp3) is 0.500. The van der Waals surface area contributed by atoms with Crippen LogP contribution in [0.15, 0.2) is 48.7 Å². The van der Waals surface area contributed by atoms with E-state index in [2.05, 4.69) is 40.2 Å². The maximum absolute atomic E-state index is 12.6. The number of rotatable bonds is 3. The van der Waals surface area contributed by atoms with E-state index in [-0.39, 0.29) is 11.4 Å². The van der Waals surface area contributed by atoms with Gasteiger partial charge in [-0.15, -0.1) is 0 Å². The molecule has 1 aromatic heterocycles. The number of nitrogens with one attached hydrogen (secondary N) is 1. The topological polar surface area (TPSA) is 49.7 Å². The van der Waals surface area contributed by atoms with Crippen LogP contribution in [0.4, 0.5) is 10.5 Å². The van der Waals surface area contributed by atoms with Crippen molar-refractivity contribution in [3.8, 4) is 0 Å². The van der Waals surface area contributed by atoms with Crippen molar-refractivity contribution in [2.24, 2.45) is 12.5 Å². The normalized spacial score (nSPS) is 20.1. The third-order valence-electron chi connectivity index (χ3n) is 6.09. The van der Waals surface area contributed by atoms with Crippen molar-refractivity contribution in [1.82, 2.24) is 14.4 Å². The highest BCUT2D eigenvalue weighted by Gasteiger charge is 2.39. The predicted molar refractivity (Wildman–Crippen MR) is 110 cm³/mol. The first-order valence-electron chi connectivity index (χ1n) is 10.1. The van der Waals surface area contributed by atoms with Gasteiger partial charge < -0.3 is 19.5 Å². The van der Waals surface area contributed by atoms with Gasteiger partial charge in [-0.3, -0.25) is 4.90 Å². The van der Waals surface area contributed by atoms with Crippen LogP contribution in [0.2, 0.25) is 0 Å². The number of ether oxygens (including phenoxy) is 1. The molecule has 2 aliphatic rings. The molecule has 0 unspecified atom stereocenters. The number of carbonyl (C=O) groups is 1. The number of amides is 2. The molecule has 2 amide bonds. The van der Waals surface area contributed by atoms with Crippen LogP contribution in [0, 0.1) is 5.41 Å². The number of nitrogens with zero attached hydrogens (tertiary/aromatic N) is 3. The summed E-state index contributed by atoms with van der Waals surface area (Å²) in [5, 5.41) is 3.00. The van der Waals surface area contributed by atoms with Crippen molar-refractivity contribution in [2.75, 3.05) is 44.7 Å². The Balaban J connectivity index is 1.35. The molecule has 0 saturated carbocycles. The minimum absolute atomic E-state index is 0.00347. The van der Waals surface area contributed by atoms with Crippen LogP contribution in [0.1, 0.15) is 18.5 Å². The van der Waals surface area contributed by atoms with Crippen LogP contribution < -0.4 is 5.32 Å². The third kappa shape index (κ3) is 4.39. The van der Waals surface area contributed by atoms with Gasteiger partial charge in [-0.1, -0.05) is 18.2 Å². The largest absolute Gasteiger partial charge is 0.379 e. The Morgan fingerprint density at radius 1 is 1.11 bits per heavy atom. The maximum atomic E-state index is 12.6. The smallest absolute Gasteiger partial charge is 0.321 e. The van der Waals surface area contributed by atoms with Crippen molar-refractivity contribution >= 4 is 11.7 Å². The lowest BCUT2D eigenvalue weighted by molar-refractivity contribution is 0.0241. The molecule has 150 valence electrons. The number of para-hydroxylation sites is 1. The summed E-state index contributed by atoms with van der Waals surface area (Å²) in [5.74, 6) is 0. The zero-order valence-electron chi connectivity index (χ0n) is 16.6. The third-order valence-corrected chi connectivity index (χ3v) is 6.09. The number of carbonyl (C=O) groups excluding carboxylic acids is 1. The van der Waals surface area contributed by atoms with E-state index in [0.29, 0.717) is 0 Å². The first kappa shape index (κ1) is 19.0. The van der Waals surface area contributed by atoms with E-state index >= 15 is 0 Å². The van der Waals surface area contributed by atoms with Gasteiger partial charge in [-0.25, -0.2) is 4.79 Å². The number of urea groups is 1. The van der Waals surface area contributed by atoms with Crippen molar-refractivity contribution in [1.29, 1.82) is 0 Å². The molecule has 2 aromatic rings. The summed E-state index contributed by atoms with van der Waals surface area (Å²) >= 11 is 0. The van der Waals surface area contributed by atoms with Gasteiger partial charge in [-0.2, -0.15) is 0 Å². The highest BCUT2D eigenvalue weighted by molar-refractivity contribution is 5.89. The number of anilines is 1. The van der Waals surface area contributed by atoms with Gasteiger partial charge in [-0.05, 0) is 37.1 Å². The fourth-order valence-corrected chi connectivity index (χ4v) is 4.32. The van der Waals surface area contributed by atoms with E-state index in [1.165, 1.54) is 5.69 Å². The lowest BCUT2D eigenvalue weighted by Gasteiger charge is -2.42. The average Bonchev–Trinajstić information content (AvgIpc) is 3.00. The molecule has 1 aromatic carbocycles.